The summed E-state index contributed by atoms with van der Waals surface area (Å²) < 4.78 is 5.12. The Bertz CT molecular complexity index is 918. The zero-order chi connectivity index (χ0) is 21.6. The van der Waals surface area contributed by atoms with Gasteiger partial charge < -0.3 is 15.4 Å². The van der Waals surface area contributed by atoms with Crippen molar-refractivity contribution in [3.63, 3.8) is 0 Å². The summed E-state index contributed by atoms with van der Waals surface area (Å²) >= 11 is 1.54. The number of carbonyl (C=O) groups is 4. The molecule has 0 fully saturated rings. The fraction of sp³-hybridized carbons (Fsp3) is 0.333. The summed E-state index contributed by atoms with van der Waals surface area (Å²) in [5.41, 5.74) is 1.75. The molecule has 0 aliphatic carbocycles. The van der Waals surface area contributed by atoms with Gasteiger partial charge in [-0.1, -0.05) is 0 Å². The predicted molar refractivity (Wildman–Crippen MR) is 112 cm³/mol. The predicted octanol–water partition coefficient (Wildman–Crippen LogP) is 3.86. The van der Waals surface area contributed by atoms with Crippen molar-refractivity contribution in [1.82, 2.24) is 0 Å². The molecule has 0 aliphatic rings. The maximum absolute atomic E-state index is 12.2. The summed E-state index contributed by atoms with van der Waals surface area (Å²) in [6, 6.07) is 8.37. The van der Waals surface area contributed by atoms with Crippen molar-refractivity contribution in [1.29, 1.82) is 0 Å². The molecular weight excluding hydrogens is 392 g/mol. The Hall–Kier alpha value is -3.00. The van der Waals surface area contributed by atoms with E-state index in [1.165, 1.54) is 13.8 Å². The molecule has 2 aromatic rings. The fourth-order valence-electron chi connectivity index (χ4n) is 2.65. The number of anilines is 2. The molecule has 1 heterocycles. The second-order valence-electron chi connectivity index (χ2n) is 6.63. The van der Waals surface area contributed by atoms with Crippen LogP contribution >= 0.6 is 11.3 Å². The van der Waals surface area contributed by atoms with Crippen molar-refractivity contribution in [3.05, 3.63) is 45.6 Å². The summed E-state index contributed by atoms with van der Waals surface area (Å²) in [6.07, 6.45) is -1.05. The van der Waals surface area contributed by atoms with Crippen LogP contribution in [-0.2, 0) is 19.1 Å². The van der Waals surface area contributed by atoms with Crippen molar-refractivity contribution >= 4 is 46.3 Å². The van der Waals surface area contributed by atoms with E-state index in [4.69, 9.17) is 4.74 Å². The number of rotatable bonds is 8. The lowest BCUT2D eigenvalue weighted by Crippen LogP contribution is -2.30. The van der Waals surface area contributed by atoms with Crippen LogP contribution in [0.15, 0.2) is 30.3 Å². The van der Waals surface area contributed by atoms with Gasteiger partial charge in [0.2, 0.25) is 5.91 Å². The molecule has 0 aliphatic heterocycles. The zero-order valence-corrected chi connectivity index (χ0v) is 17.6. The van der Waals surface area contributed by atoms with E-state index in [9.17, 15) is 19.2 Å². The van der Waals surface area contributed by atoms with Crippen LogP contribution < -0.4 is 10.6 Å². The molecule has 0 unspecified atom stereocenters. The van der Waals surface area contributed by atoms with Crippen molar-refractivity contribution in [3.8, 4) is 0 Å². The lowest BCUT2D eigenvalue weighted by Gasteiger charge is -2.14. The molecule has 1 atom stereocenters. The van der Waals surface area contributed by atoms with E-state index in [1.807, 2.05) is 19.9 Å². The number of hydrogen-bond donors (Lipinski definition) is 2. The van der Waals surface area contributed by atoms with Crippen LogP contribution in [0.1, 0.15) is 46.8 Å². The highest BCUT2D eigenvalue weighted by Crippen LogP contribution is 2.22. The Labute approximate surface area is 173 Å². The van der Waals surface area contributed by atoms with Crippen LogP contribution in [0.2, 0.25) is 0 Å². The van der Waals surface area contributed by atoms with E-state index >= 15 is 0 Å². The molecular formula is C21H24N2O5S. The molecule has 0 spiro atoms. The standard InChI is InChI=1S/C21H24N2O5S/c1-12-11-18(14(3)29-12)19(25)9-10-20(26)28-13(2)21(27)23-17-7-5-16(6-8-17)22-15(4)24/h5-8,11,13H,9-10H2,1-4H3,(H,22,24)(H,23,27)/t13-/m1/s1. The molecule has 7 nitrogen and oxygen atoms in total. The number of esters is 1. The first-order chi connectivity index (χ1) is 13.7. The minimum atomic E-state index is -1.00. The van der Waals surface area contributed by atoms with Gasteiger partial charge in [-0.3, -0.25) is 19.2 Å². The molecule has 0 saturated heterocycles. The average molecular weight is 416 g/mol. The number of thiophene rings is 1. The van der Waals surface area contributed by atoms with Gasteiger partial charge in [0.05, 0.1) is 6.42 Å². The molecule has 2 amide bonds. The molecule has 0 bridgehead atoms. The van der Waals surface area contributed by atoms with Crippen molar-refractivity contribution in [2.75, 3.05) is 10.6 Å². The van der Waals surface area contributed by atoms with Gasteiger partial charge in [-0.2, -0.15) is 0 Å². The number of ether oxygens (including phenoxy) is 1. The summed E-state index contributed by atoms with van der Waals surface area (Å²) in [5.74, 6) is -1.39. The largest absolute Gasteiger partial charge is 0.453 e. The lowest BCUT2D eigenvalue weighted by molar-refractivity contribution is -0.153. The number of nitrogens with one attached hydrogen (secondary N) is 2. The van der Waals surface area contributed by atoms with Gasteiger partial charge in [-0.25, -0.2) is 0 Å². The second kappa shape index (κ2) is 9.97. The highest BCUT2D eigenvalue weighted by molar-refractivity contribution is 7.12. The van der Waals surface area contributed by atoms with Gasteiger partial charge in [-0.05, 0) is 51.1 Å². The number of hydrogen-bond acceptors (Lipinski definition) is 6. The Balaban J connectivity index is 1.80. The van der Waals surface area contributed by atoms with Crippen LogP contribution in [0.4, 0.5) is 11.4 Å². The summed E-state index contributed by atoms with van der Waals surface area (Å²) in [6.45, 7) is 6.67. The fourth-order valence-corrected chi connectivity index (χ4v) is 3.59. The van der Waals surface area contributed by atoms with Gasteiger partial charge in [0.1, 0.15) is 0 Å². The van der Waals surface area contributed by atoms with E-state index in [0.29, 0.717) is 16.9 Å². The molecule has 8 heteroatoms. The number of ketones is 1. The van der Waals surface area contributed by atoms with E-state index < -0.39 is 18.0 Å². The Morgan fingerprint density at radius 2 is 1.59 bits per heavy atom. The molecule has 2 N–H and O–H groups in total. The third-order valence-electron chi connectivity index (χ3n) is 4.05. The third kappa shape index (κ3) is 6.83. The number of Topliss-reactive ketones (excluding diaryl/α,β-unsaturated/α-hetero) is 1. The Kier molecular flexibility index (Phi) is 7.67. The topological polar surface area (TPSA) is 102 Å². The zero-order valence-electron chi connectivity index (χ0n) is 16.8. The SMILES string of the molecule is CC(=O)Nc1ccc(NC(=O)[C@@H](C)OC(=O)CCC(=O)c2cc(C)sc2C)cc1. The monoisotopic (exact) mass is 416 g/mol. The number of amides is 2. The van der Waals surface area contributed by atoms with Crippen molar-refractivity contribution < 1.29 is 23.9 Å². The smallest absolute Gasteiger partial charge is 0.307 e. The maximum atomic E-state index is 12.2. The minimum absolute atomic E-state index is 0.0365. The number of benzene rings is 1. The van der Waals surface area contributed by atoms with E-state index in [1.54, 1.807) is 35.6 Å². The summed E-state index contributed by atoms with van der Waals surface area (Å²) in [4.78, 5) is 49.4. The summed E-state index contributed by atoms with van der Waals surface area (Å²) in [5, 5.41) is 5.26. The quantitative estimate of drug-likeness (QED) is 0.503. The molecule has 0 radical (unpaired) electrons. The van der Waals surface area contributed by atoms with Crippen LogP contribution in [0.25, 0.3) is 0 Å². The molecule has 1 aromatic heterocycles. The first-order valence-electron chi connectivity index (χ1n) is 9.14. The molecule has 2 rings (SSSR count). The van der Waals surface area contributed by atoms with Gasteiger partial charge in [0, 0.05) is 40.0 Å². The summed E-state index contributed by atoms with van der Waals surface area (Å²) in [7, 11) is 0. The third-order valence-corrected chi connectivity index (χ3v) is 5.01. The van der Waals surface area contributed by atoms with Crippen LogP contribution in [0, 0.1) is 13.8 Å². The van der Waals surface area contributed by atoms with Gasteiger partial charge in [0.15, 0.2) is 11.9 Å². The lowest BCUT2D eigenvalue weighted by atomic mass is 10.1. The first-order valence-corrected chi connectivity index (χ1v) is 9.95. The number of aryl methyl sites for hydroxylation is 2. The highest BCUT2D eigenvalue weighted by atomic mass is 32.1. The van der Waals surface area contributed by atoms with Crippen LogP contribution in [0.5, 0.6) is 0 Å². The van der Waals surface area contributed by atoms with Gasteiger partial charge in [-0.15, -0.1) is 11.3 Å². The Morgan fingerprint density at radius 1 is 1.00 bits per heavy atom. The normalized spacial score (nSPS) is 11.4. The van der Waals surface area contributed by atoms with Crippen molar-refractivity contribution in [2.24, 2.45) is 0 Å². The van der Waals surface area contributed by atoms with Gasteiger partial charge >= 0.3 is 5.97 Å². The number of carbonyl (C=O) groups excluding carboxylic acids is 4. The highest BCUT2D eigenvalue weighted by Gasteiger charge is 2.20. The second-order valence-corrected chi connectivity index (χ2v) is 8.09. The van der Waals surface area contributed by atoms with Gasteiger partial charge in [0.25, 0.3) is 5.91 Å². The molecule has 0 saturated carbocycles. The maximum Gasteiger partial charge on any atom is 0.307 e. The first kappa shape index (κ1) is 22.3. The van der Waals surface area contributed by atoms with E-state index in [0.717, 1.165) is 9.75 Å². The van der Waals surface area contributed by atoms with Crippen molar-refractivity contribution in [2.45, 2.75) is 46.6 Å². The van der Waals surface area contributed by atoms with E-state index in [-0.39, 0.29) is 24.5 Å². The Morgan fingerprint density at radius 3 is 2.10 bits per heavy atom. The molecule has 29 heavy (non-hydrogen) atoms. The molecule has 1 aromatic carbocycles. The van der Waals surface area contributed by atoms with E-state index in [2.05, 4.69) is 10.6 Å². The molecule has 154 valence electrons. The minimum Gasteiger partial charge on any atom is -0.453 e. The van der Waals surface area contributed by atoms with Crippen LogP contribution in [0.3, 0.4) is 0 Å². The average Bonchev–Trinajstić information content (AvgIpc) is 2.99. The van der Waals surface area contributed by atoms with Crippen LogP contribution in [-0.4, -0.2) is 29.7 Å².